The normalized spacial score (nSPS) is 15.4. The first-order valence-electron chi connectivity index (χ1n) is 7.06. The van der Waals surface area contributed by atoms with Gasteiger partial charge in [0.05, 0.1) is 11.0 Å². The molecule has 1 aromatic heterocycles. The molecule has 3 nitrogen and oxygen atoms in total. The highest BCUT2D eigenvalue weighted by molar-refractivity contribution is 5.75. The molecular weight excluding hydrogens is 222 g/mol. The Morgan fingerprint density at radius 2 is 2.28 bits per heavy atom. The lowest BCUT2D eigenvalue weighted by molar-refractivity contribution is 0.646. The second-order valence-corrected chi connectivity index (χ2v) is 5.22. The Morgan fingerprint density at radius 3 is 3.06 bits per heavy atom. The zero-order valence-electron chi connectivity index (χ0n) is 11.0. The standard InChI is InChI=1S/C15H21N3/c1-2-15-17-13-8-5-11(10-14(13)18-15)4-3-9-16-12-6-7-12/h5,8,10,12,16H,2-4,6-7,9H2,1H3,(H,17,18). The lowest BCUT2D eigenvalue weighted by atomic mass is 10.1. The summed E-state index contributed by atoms with van der Waals surface area (Å²) in [7, 11) is 0. The van der Waals surface area contributed by atoms with Crippen molar-refractivity contribution in [1.82, 2.24) is 15.3 Å². The van der Waals surface area contributed by atoms with E-state index in [2.05, 4.69) is 40.4 Å². The highest BCUT2D eigenvalue weighted by Crippen LogP contribution is 2.19. The molecule has 2 N–H and O–H groups in total. The molecule has 0 bridgehead atoms. The van der Waals surface area contributed by atoms with Crippen LogP contribution in [0.15, 0.2) is 18.2 Å². The molecule has 3 rings (SSSR count). The summed E-state index contributed by atoms with van der Waals surface area (Å²) in [4.78, 5) is 7.91. The van der Waals surface area contributed by atoms with Crippen molar-refractivity contribution in [2.45, 2.75) is 45.1 Å². The molecule has 0 atom stereocenters. The predicted octanol–water partition coefficient (Wildman–Crippen LogP) is 2.81. The average molecular weight is 243 g/mol. The summed E-state index contributed by atoms with van der Waals surface area (Å²) in [5.41, 5.74) is 3.68. The summed E-state index contributed by atoms with van der Waals surface area (Å²) in [6.45, 7) is 3.27. The Balaban J connectivity index is 1.60. The van der Waals surface area contributed by atoms with Crippen LogP contribution in [0.2, 0.25) is 0 Å². The van der Waals surface area contributed by atoms with E-state index in [-0.39, 0.29) is 0 Å². The van der Waals surface area contributed by atoms with Gasteiger partial charge in [0.25, 0.3) is 0 Å². The number of nitrogens with zero attached hydrogens (tertiary/aromatic N) is 1. The largest absolute Gasteiger partial charge is 0.342 e. The average Bonchev–Trinajstić information content (AvgIpc) is 3.12. The first-order chi connectivity index (χ1) is 8.85. The zero-order valence-corrected chi connectivity index (χ0v) is 11.0. The number of hydrogen-bond acceptors (Lipinski definition) is 2. The number of aromatic amines is 1. The maximum absolute atomic E-state index is 4.53. The molecule has 0 spiro atoms. The number of aromatic nitrogens is 2. The maximum Gasteiger partial charge on any atom is 0.106 e. The fourth-order valence-electron chi connectivity index (χ4n) is 2.32. The monoisotopic (exact) mass is 243 g/mol. The van der Waals surface area contributed by atoms with Gasteiger partial charge in [0.1, 0.15) is 5.82 Å². The number of fused-ring (bicyclic) bond motifs is 1. The van der Waals surface area contributed by atoms with Crippen LogP contribution in [0.4, 0.5) is 0 Å². The van der Waals surface area contributed by atoms with Gasteiger partial charge in [-0.05, 0) is 49.9 Å². The van der Waals surface area contributed by atoms with Gasteiger partial charge < -0.3 is 10.3 Å². The van der Waals surface area contributed by atoms with Crippen LogP contribution in [0, 0.1) is 0 Å². The lowest BCUT2D eigenvalue weighted by Crippen LogP contribution is -2.17. The van der Waals surface area contributed by atoms with Gasteiger partial charge in [-0.25, -0.2) is 4.98 Å². The molecule has 2 aromatic rings. The second kappa shape index (κ2) is 5.11. The number of hydrogen-bond donors (Lipinski definition) is 2. The molecule has 0 unspecified atom stereocenters. The van der Waals surface area contributed by atoms with E-state index in [1.165, 1.54) is 30.3 Å². The van der Waals surface area contributed by atoms with E-state index in [4.69, 9.17) is 0 Å². The Morgan fingerprint density at radius 1 is 1.39 bits per heavy atom. The third-order valence-electron chi connectivity index (χ3n) is 3.58. The Bertz CT molecular complexity index is 526. The molecule has 1 aliphatic rings. The highest BCUT2D eigenvalue weighted by Gasteiger charge is 2.19. The number of rotatable bonds is 6. The molecule has 1 saturated carbocycles. The number of aryl methyl sites for hydroxylation is 2. The Kier molecular flexibility index (Phi) is 3.33. The lowest BCUT2D eigenvalue weighted by Gasteiger charge is -2.03. The number of nitrogens with one attached hydrogen (secondary N) is 2. The third kappa shape index (κ3) is 2.72. The van der Waals surface area contributed by atoms with Crippen LogP contribution in [0.3, 0.4) is 0 Å². The number of H-pyrrole nitrogens is 1. The summed E-state index contributed by atoms with van der Waals surface area (Å²) in [6, 6.07) is 7.42. The first kappa shape index (κ1) is 11.7. The summed E-state index contributed by atoms with van der Waals surface area (Å²) < 4.78 is 0. The smallest absolute Gasteiger partial charge is 0.106 e. The highest BCUT2D eigenvalue weighted by atomic mass is 14.9. The van der Waals surface area contributed by atoms with Crippen molar-refractivity contribution in [3.8, 4) is 0 Å². The van der Waals surface area contributed by atoms with Gasteiger partial charge in [0, 0.05) is 12.5 Å². The van der Waals surface area contributed by atoms with Gasteiger partial charge in [-0.15, -0.1) is 0 Å². The predicted molar refractivity (Wildman–Crippen MR) is 74.8 cm³/mol. The van der Waals surface area contributed by atoms with E-state index in [0.29, 0.717) is 0 Å². The van der Waals surface area contributed by atoms with Crippen molar-refractivity contribution in [3.63, 3.8) is 0 Å². The summed E-state index contributed by atoms with van der Waals surface area (Å²) in [5, 5.41) is 3.56. The SMILES string of the molecule is CCc1nc2ccc(CCCNC3CC3)cc2[nH]1. The van der Waals surface area contributed by atoms with E-state index in [9.17, 15) is 0 Å². The van der Waals surface area contributed by atoms with Crippen molar-refractivity contribution < 1.29 is 0 Å². The quantitative estimate of drug-likeness (QED) is 0.766. The van der Waals surface area contributed by atoms with Crippen molar-refractivity contribution in [2.24, 2.45) is 0 Å². The van der Waals surface area contributed by atoms with Gasteiger partial charge in [-0.1, -0.05) is 13.0 Å². The second-order valence-electron chi connectivity index (χ2n) is 5.22. The summed E-state index contributed by atoms with van der Waals surface area (Å²) >= 11 is 0. The molecule has 1 aromatic carbocycles. The van der Waals surface area contributed by atoms with Gasteiger partial charge >= 0.3 is 0 Å². The summed E-state index contributed by atoms with van der Waals surface area (Å²) in [5.74, 6) is 1.08. The van der Waals surface area contributed by atoms with E-state index >= 15 is 0 Å². The van der Waals surface area contributed by atoms with Crippen LogP contribution in [-0.2, 0) is 12.8 Å². The van der Waals surface area contributed by atoms with Crippen LogP contribution in [-0.4, -0.2) is 22.6 Å². The summed E-state index contributed by atoms with van der Waals surface area (Å²) in [6.07, 6.45) is 6.09. The van der Waals surface area contributed by atoms with E-state index < -0.39 is 0 Å². The van der Waals surface area contributed by atoms with Crippen molar-refractivity contribution in [2.75, 3.05) is 6.54 Å². The van der Waals surface area contributed by atoms with Crippen molar-refractivity contribution in [3.05, 3.63) is 29.6 Å². The molecule has 1 heterocycles. The number of benzene rings is 1. The Labute approximate surface area is 108 Å². The van der Waals surface area contributed by atoms with Crippen LogP contribution >= 0.6 is 0 Å². The minimum absolute atomic E-state index is 0.826. The van der Waals surface area contributed by atoms with Crippen LogP contribution in [0.25, 0.3) is 11.0 Å². The van der Waals surface area contributed by atoms with Gasteiger partial charge in [-0.3, -0.25) is 0 Å². The molecule has 0 saturated heterocycles. The van der Waals surface area contributed by atoms with E-state index in [1.54, 1.807) is 0 Å². The Hall–Kier alpha value is -1.35. The fraction of sp³-hybridized carbons (Fsp3) is 0.533. The van der Waals surface area contributed by atoms with Gasteiger partial charge in [0.15, 0.2) is 0 Å². The van der Waals surface area contributed by atoms with Crippen molar-refractivity contribution in [1.29, 1.82) is 0 Å². The molecule has 1 fully saturated rings. The van der Waals surface area contributed by atoms with Gasteiger partial charge in [0.2, 0.25) is 0 Å². The van der Waals surface area contributed by atoms with Crippen LogP contribution in [0.1, 0.15) is 37.6 Å². The fourth-order valence-corrected chi connectivity index (χ4v) is 2.32. The van der Waals surface area contributed by atoms with Crippen LogP contribution in [0.5, 0.6) is 0 Å². The third-order valence-corrected chi connectivity index (χ3v) is 3.58. The number of imidazole rings is 1. The topological polar surface area (TPSA) is 40.7 Å². The molecule has 0 aliphatic heterocycles. The van der Waals surface area contributed by atoms with Crippen molar-refractivity contribution >= 4 is 11.0 Å². The van der Waals surface area contributed by atoms with E-state index in [1.807, 2.05) is 0 Å². The minimum Gasteiger partial charge on any atom is -0.342 e. The molecule has 0 amide bonds. The molecular formula is C15H21N3. The van der Waals surface area contributed by atoms with Gasteiger partial charge in [-0.2, -0.15) is 0 Å². The molecule has 3 heteroatoms. The maximum atomic E-state index is 4.53. The van der Waals surface area contributed by atoms with Crippen LogP contribution < -0.4 is 5.32 Å². The molecule has 0 radical (unpaired) electrons. The van der Waals surface area contributed by atoms with E-state index in [0.717, 1.165) is 36.8 Å². The molecule has 18 heavy (non-hydrogen) atoms. The molecule has 1 aliphatic carbocycles. The zero-order chi connectivity index (χ0) is 12.4. The first-order valence-corrected chi connectivity index (χ1v) is 7.06. The minimum atomic E-state index is 0.826. The molecule has 96 valence electrons.